The fourth-order valence-electron chi connectivity index (χ4n) is 3.99. The lowest BCUT2D eigenvalue weighted by atomic mass is 10.1. The number of benzene rings is 2. The molecule has 0 aliphatic carbocycles. The molecule has 2 heterocycles. The van der Waals surface area contributed by atoms with E-state index < -0.39 is 0 Å². The second-order valence-electron chi connectivity index (χ2n) is 7.80. The molecule has 0 N–H and O–H groups in total. The number of aromatic nitrogens is 1. The first kappa shape index (κ1) is 21.7. The summed E-state index contributed by atoms with van der Waals surface area (Å²) in [5.41, 5.74) is 7.57. The van der Waals surface area contributed by atoms with Crippen molar-refractivity contribution in [3.8, 4) is 5.69 Å². The van der Waals surface area contributed by atoms with E-state index >= 15 is 0 Å². The number of thioether (sulfide) groups is 1. The third-order valence-electron chi connectivity index (χ3n) is 5.55. The molecule has 1 fully saturated rings. The summed E-state index contributed by atoms with van der Waals surface area (Å²) in [6.07, 6.45) is 1.85. The first-order valence-electron chi connectivity index (χ1n) is 10.0. The van der Waals surface area contributed by atoms with Gasteiger partial charge in [-0.3, -0.25) is 14.5 Å². The number of halogens is 1. The minimum atomic E-state index is -0.241. The van der Waals surface area contributed by atoms with E-state index in [1.165, 1.54) is 21.7 Å². The molecule has 31 heavy (non-hydrogen) atoms. The van der Waals surface area contributed by atoms with E-state index in [0.29, 0.717) is 4.91 Å². The van der Waals surface area contributed by atoms with E-state index in [9.17, 15) is 9.59 Å². The van der Waals surface area contributed by atoms with Crippen molar-refractivity contribution in [2.75, 3.05) is 0 Å². The SMILES string of the molecule is Cc1cccc(C)c1-n1c(C)cc(C=C2SC(=O)N(Cc3ccc(Br)cc3)C2=O)c1C. The van der Waals surface area contributed by atoms with Gasteiger partial charge in [-0.1, -0.05) is 46.3 Å². The van der Waals surface area contributed by atoms with E-state index in [4.69, 9.17) is 0 Å². The number of para-hydroxylation sites is 1. The average Bonchev–Trinajstić information content (AvgIpc) is 3.14. The lowest BCUT2D eigenvalue weighted by Crippen LogP contribution is -2.27. The lowest BCUT2D eigenvalue weighted by molar-refractivity contribution is -0.123. The van der Waals surface area contributed by atoms with Crippen LogP contribution in [-0.2, 0) is 11.3 Å². The number of aryl methyl sites for hydroxylation is 3. The van der Waals surface area contributed by atoms with Crippen LogP contribution in [0.4, 0.5) is 4.79 Å². The van der Waals surface area contributed by atoms with Crippen LogP contribution in [0.5, 0.6) is 0 Å². The third kappa shape index (κ3) is 4.14. The van der Waals surface area contributed by atoms with Crippen molar-refractivity contribution in [1.82, 2.24) is 9.47 Å². The Morgan fingerprint density at radius 3 is 2.26 bits per heavy atom. The van der Waals surface area contributed by atoms with Gasteiger partial charge >= 0.3 is 0 Å². The molecular formula is C25H23BrN2O2S. The second kappa shape index (κ2) is 8.52. The number of carbonyl (C=O) groups is 2. The van der Waals surface area contributed by atoms with Crippen LogP contribution in [0, 0.1) is 27.7 Å². The summed E-state index contributed by atoms with van der Waals surface area (Å²) in [5, 5.41) is -0.234. The smallest absolute Gasteiger partial charge is 0.293 e. The second-order valence-corrected chi connectivity index (χ2v) is 9.71. The molecule has 0 radical (unpaired) electrons. The Bertz CT molecular complexity index is 1200. The van der Waals surface area contributed by atoms with Gasteiger partial charge in [-0.25, -0.2) is 0 Å². The van der Waals surface area contributed by atoms with Crippen molar-refractivity contribution in [3.63, 3.8) is 0 Å². The molecule has 0 saturated carbocycles. The number of amides is 2. The Hall–Kier alpha value is -2.57. The molecule has 0 bridgehead atoms. The van der Waals surface area contributed by atoms with Crippen LogP contribution in [-0.4, -0.2) is 20.6 Å². The molecule has 1 aliphatic rings. The highest BCUT2D eigenvalue weighted by molar-refractivity contribution is 9.10. The summed E-state index contributed by atoms with van der Waals surface area (Å²) in [6, 6.07) is 16.0. The molecule has 3 aromatic rings. The molecule has 4 rings (SSSR count). The molecule has 1 saturated heterocycles. The van der Waals surface area contributed by atoms with Crippen LogP contribution in [0.15, 0.2) is 57.9 Å². The van der Waals surface area contributed by atoms with Crippen LogP contribution in [0.2, 0.25) is 0 Å². The van der Waals surface area contributed by atoms with Crippen molar-refractivity contribution >= 4 is 44.9 Å². The minimum Gasteiger partial charge on any atom is -0.317 e. The zero-order valence-electron chi connectivity index (χ0n) is 17.9. The van der Waals surface area contributed by atoms with Crippen molar-refractivity contribution in [2.24, 2.45) is 0 Å². The van der Waals surface area contributed by atoms with Gasteiger partial charge in [0.05, 0.1) is 17.1 Å². The van der Waals surface area contributed by atoms with Crippen LogP contribution < -0.4 is 0 Å². The molecule has 2 amide bonds. The normalized spacial score (nSPS) is 15.4. The standard InChI is InChI=1S/C25H23BrN2O2S/c1-15-6-5-7-16(2)23(15)28-17(3)12-20(18(28)4)13-22-24(29)27(25(30)31-22)14-19-8-10-21(26)11-9-19/h5-13H,14H2,1-4H3. The summed E-state index contributed by atoms with van der Waals surface area (Å²) >= 11 is 4.41. The van der Waals surface area contributed by atoms with Crippen LogP contribution in [0.1, 0.15) is 33.6 Å². The van der Waals surface area contributed by atoms with E-state index in [2.05, 4.69) is 72.5 Å². The van der Waals surface area contributed by atoms with E-state index in [1.807, 2.05) is 30.3 Å². The highest BCUT2D eigenvalue weighted by Crippen LogP contribution is 2.35. The Balaban J connectivity index is 1.66. The molecule has 4 nitrogen and oxygen atoms in total. The van der Waals surface area contributed by atoms with Gasteiger partial charge in [-0.05, 0) is 86.0 Å². The number of nitrogens with zero attached hydrogens (tertiary/aromatic N) is 2. The van der Waals surface area contributed by atoms with E-state index in [1.54, 1.807) is 0 Å². The summed E-state index contributed by atoms with van der Waals surface area (Å²) in [4.78, 5) is 27.3. The highest BCUT2D eigenvalue weighted by Gasteiger charge is 2.35. The predicted molar refractivity (Wildman–Crippen MR) is 130 cm³/mol. The van der Waals surface area contributed by atoms with Crippen LogP contribution >= 0.6 is 27.7 Å². The van der Waals surface area contributed by atoms with Gasteiger partial charge in [0.25, 0.3) is 11.1 Å². The topological polar surface area (TPSA) is 42.3 Å². The third-order valence-corrected chi connectivity index (χ3v) is 6.98. The maximum Gasteiger partial charge on any atom is 0.293 e. The van der Waals surface area contributed by atoms with Crippen molar-refractivity contribution in [3.05, 3.63) is 91.6 Å². The average molecular weight is 495 g/mol. The number of hydrogen-bond donors (Lipinski definition) is 0. The molecular weight excluding hydrogens is 472 g/mol. The quantitative estimate of drug-likeness (QED) is 0.378. The zero-order chi connectivity index (χ0) is 22.3. The van der Waals surface area contributed by atoms with Crippen molar-refractivity contribution in [2.45, 2.75) is 34.2 Å². The van der Waals surface area contributed by atoms with Crippen molar-refractivity contribution < 1.29 is 9.59 Å². The van der Waals surface area contributed by atoms with Crippen molar-refractivity contribution in [1.29, 1.82) is 0 Å². The number of rotatable bonds is 4. The molecule has 1 aliphatic heterocycles. The number of hydrogen-bond acceptors (Lipinski definition) is 3. The van der Waals surface area contributed by atoms with Gasteiger partial charge < -0.3 is 4.57 Å². The molecule has 6 heteroatoms. The predicted octanol–water partition coefficient (Wildman–Crippen LogP) is 6.71. The fraction of sp³-hybridized carbons (Fsp3) is 0.200. The molecule has 1 aromatic heterocycles. The van der Waals surface area contributed by atoms with Gasteiger partial charge in [0.2, 0.25) is 0 Å². The van der Waals surface area contributed by atoms with Crippen LogP contribution in [0.25, 0.3) is 11.8 Å². The lowest BCUT2D eigenvalue weighted by Gasteiger charge is -2.15. The fourth-order valence-corrected chi connectivity index (χ4v) is 5.08. The minimum absolute atomic E-state index is 0.234. The summed E-state index contributed by atoms with van der Waals surface area (Å²) in [6.45, 7) is 8.60. The van der Waals surface area contributed by atoms with E-state index in [-0.39, 0.29) is 17.7 Å². The van der Waals surface area contributed by atoms with E-state index in [0.717, 1.165) is 38.7 Å². The molecule has 0 spiro atoms. The molecule has 2 aromatic carbocycles. The maximum atomic E-state index is 13.0. The monoisotopic (exact) mass is 494 g/mol. The highest BCUT2D eigenvalue weighted by atomic mass is 79.9. The largest absolute Gasteiger partial charge is 0.317 e. The van der Waals surface area contributed by atoms with Gasteiger partial charge in [0.1, 0.15) is 0 Å². The first-order valence-corrected chi connectivity index (χ1v) is 11.6. The number of imide groups is 1. The number of carbonyl (C=O) groups excluding carboxylic acids is 2. The van der Waals surface area contributed by atoms with Gasteiger partial charge in [-0.2, -0.15) is 0 Å². The first-order chi connectivity index (χ1) is 14.8. The maximum absolute atomic E-state index is 13.0. The molecule has 158 valence electrons. The Morgan fingerprint density at radius 1 is 0.968 bits per heavy atom. The Labute approximate surface area is 195 Å². The van der Waals surface area contributed by atoms with Crippen LogP contribution in [0.3, 0.4) is 0 Å². The Morgan fingerprint density at radius 2 is 1.61 bits per heavy atom. The van der Waals surface area contributed by atoms with Gasteiger partial charge in [0, 0.05) is 15.9 Å². The summed E-state index contributed by atoms with van der Waals surface area (Å²) in [5.74, 6) is -0.241. The van der Waals surface area contributed by atoms with Gasteiger partial charge in [0.15, 0.2) is 0 Å². The summed E-state index contributed by atoms with van der Waals surface area (Å²) < 4.78 is 3.19. The zero-order valence-corrected chi connectivity index (χ0v) is 20.3. The Kier molecular flexibility index (Phi) is 5.95. The van der Waals surface area contributed by atoms with Gasteiger partial charge in [-0.15, -0.1) is 0 Å². The summed E-state index contributed by atoms with van der Waals surface area (Å²) in [7, 11) is 0. The molecule has 0 unspecified atom stereocenters. The molecule has 0 atom stereocenters.